The van der Waals surface area contributed by atoms with Gasteiger partial charge in [-0.25, -0.2) is 0 Å². The lowest BCUT2D eigenvalue weighted by Crippen LogP contribution is -2.23. The van der Waals surface area contributed by atoms with E-state index < -0.39 is 0 Å². The van der Waals surface area contributed by atoms with E-state index >= 15 is 0 Å². The second-order valence-electron chi connectivity index (χ2n) is 5.18. The molecule has 0 atom stereocenters. The molecule has 0 saturated heterocycles. The van der Waals surface area contributed by atoms with Gasteiger partial charge in [0.1, 0.15) is 5.76 Å². The van der Waals surface area contributed by atoms with Crippen LogP contribution in [0.25, 0.3) is 0 Å². The predicted molar refractivity (Wildman–Crippen MR) is 78.8 cm³/mol. The van der Waals surface area contributed by atoms with Crippen molar-refractivity contribution in [2.24, 2.45) is 0 Å². The summed E-state index contributed by atoms with van der Waals surface area (Å²) in [6.45, 7) is 6.82. The molecule has 0 unspecified atom stereocenters. The fraction of sp³-hybridized carbons (Fsp3) is 0.375. The lowest BCUT2D eigenvalue weighted by Gasteiger charge is -2.08. The molecule has 0 radical (unpaired) electrons. The Labute approximate surface area is 124 Å². The van der Waals surface area contributed by atoms with Crippen molar-refractivity contribution in [1.82, 2.24) is 10.5 Å². The first-order chi connectivity index (χ1) is 10.0. The molecular weight excluding hydrogens is 268 g/mol. The lowest BCUT2D eigenvalue weighted by molar-refractivity contribution is 0.0657. The van der Waals surface area contributed by atoms with Crippen molar-refractivity contribution in [3.63, 3.8) is 0 Å². The Morgan fingerprint density at radius 3 is 2.52 bits per heavy atom. The van der Waals surface area contributed by atoms with E-state index in [1.165, 1.54) is 0 Å². The van der Waals surface area contributed by atoms with E-state index in [0.29, 0.717) is 24.6 Å². The van der Waals surface area contributed by atoms with Gasteiger partial charge in [-0.3, -0.25) is 4.79 Å². The molecule has 0 aliphatic heterocycles. The number of carbonyl (C=O) groups excluding carboxylic acids is 1. The van der Waals surface area contributed by atoms with E-state index in [4.69, 9.17) is 9.26 Å². The summed E-state index contributed by atoms with van der Waals surface area (Å²) in [5, 5.41) is 6.48. The zero-order valence-electron chi connectivity index (χ0n) is 12.6. The molecule has 21 heavy (non-hydrogen) atoms. The minimum absolute atomic E-state index is 0.217. The van der Waals surface area contributed by atoms with Gasteiger partial charge < -0.3 is 14.6 Å². The van der Waals surface area contributed by atoms with Crippen molar-refractivity contribution in [3.8, 4) is 0 Å². The maximum atomic E-state index is 11.8. The number of amides is 1. The average molecular weight is 288 g/mol. The average Bonchev–Trinajstić information content (AvgIpc) is 2.90. The van der Waals surface area contributed by atoms with E-state index in [2.05, 4.69) is 10.5 Å². The van der Waals surface area contributed by atoms with Gasteiger partial charge in [0, 0.05) is 12.6 Å². The maximum Gasteiger partial charge on any atom is 0.273 e. The van der Waals surface area contributed by atoms with Gasteiger partial charge in [-0.1, -0.05) is 29.4 Å². The zero-order chi connectivity index (χ0) is 15.2. The van der Waals surface area contributed by atoms with Crippen LogP contribution in [0.2, 0.25) is 0 Å². The van der Waals surface area contributed by atoms with Gasteiger partial charge in [0.05, 0.1) is 12.7 Å². The second kappa shape index (κ2) is 7.04. The number of rotatable bonds is 6. The van der Waals surface area contributed by atoms with Crippen molar-refractivity contribution >= 4 is 5.91 Å². The first-order valence-corrected chi connectivity index (χ1v) is 6.95. The summed E-state index contributed by atoms with van der Waals surface area (Å²) >= 11 is 0. The van der Waals surface area contributed by atoms with E-state index in [9.17, 15) is 4.79 Å². The van der Waals surface area contributed by atoms with E-state index in [1.807, 2.05) is 38.1 Å². The number of aromatic nitrogens is 1. The highest BCUT2D eigenvalue weighted by Crippen LogP contribution is 2.08. The lowest BCUT2D eigenvalue weighted by atomic mass is 10.1. The third-order valence-electron chi connectivity index (χ3n) is 2.92. The molecule has 1 aromatic heterocycles. The molecule has 0 bridgehead atoms. The number of ether oxygens (including phenoxy) is 1. The van der Waals surface area contributed by atoms with Crippen molar-refractivity contribution in [2.75, 3.05) is 0 Å². The van der Waals surface area contributed by atoms with Crippen molar-refractivity contribution < 1.29 is 14.1 Å². The first-order valence-electron chi connectivity index (χ1n) is 6.95. The Morgan fingerprint density at radius 1 is 1.29 bits per heavy atom. The van der Waals surface area contributed by atoms with Crippen LogP contribution in [0.5, 0.6) is 0 Å². The van der Waals surface area contributed by atoms with Crippen LogP contribution >= 0.6 is 0 Å². The van der Waals surface area contributed by atoms with Crippen LogP contribution in [0.3, 0.4) is 0 Å². The summed E-state index contributed by atoms with van der Waals surface area (Å²) in [6, 6.07) is 9.58. The molecule has 0 saturated carbocycles. The number of aryl methyl sites for hydroxylation is 1. The van der Waals surface area contributed by atoms with Crippen LogP contribution in [-0.2, 0) is 17.9 Å². The highest BCUT2D eigenvalue weighted by atomic mass is 16.5. The Morgan fingerprint density at radius 2 is 1.95 bits per heavy atom. The van der Waals surface area contributed by atoms with E-state index in [0.717, 1.165) is 11.1 Å². The van der Waals surface area contributed by atoms with Gasteiger partial charge in [0.2, 0.25) is 0 Å². The smallest absolute Gasteiger partial charge is 0.273 e. The minimum Gasteiger partial charge on any atom is -0.374 e. The summed E-state index contributed by atoms with van der Waals surface area (Å²) in [7, 11) is 0. The molecule has 0 spiro atoms. The Bertz CT molecular complexity index is 588. The van der Waals surface area contributed by atoms with Crippen molar-refractivity contribution in [3.05, 3.63) is 52.9 Å². The summed E-state index contributed by atoms with van der Waals surface area (Å²) in [4.78, 5) is 11.8. The number of hydrogen-bond donors (Lipinski definition) is 1. The topological polar surface area (TPSA) is 64.4 Å². The fourth-order valence-corrected chi connectivity index (χ4v) is 1.76. The predicted octanol–water partition coefficient (Wildman–Crippen LogP) is 2.84. The number of benzene rings is 1. The maximum absolute atomic E-state index is 11.8. The van der Waals surface area contributed by atoms with Gasteiger partial charge in [-0.15, -0.1) is 0 Å². The third-order valence-corrected chi connectivity index (χ3v) is 2.92. The number of nitrogens with zero attached hydrogens (tertiary/aromatic N) is 1. The Balaban J connectivity index is 1.84. The molecule has 5 nitrogen and oxygen atoms in total. The molecule has 0 fully saturated rings. The summed E-state index contributed by atoms with van der Waals surface area (Å²) in [5.41, 5.74) is 2.44. The van der Waals surface area contributed by atoms with Crippen LogP contribution in [0, 0.1) is 6.92 Å². The molecule has 5 heteroatoms. The number of nitrogens with one attached hydrogen (secondary N) is 1. The highest BCUT2D eigenvalue weighted by molar-refractivity contribution is 5.92. The van der Waals surface area contributed by atoms with Crippen LogP contribution in [0.15, 0.2) is 34.9 Å². The van der Waals surface area contributed by atoms with Crippen LogP contribution in [-0.4, -0.2) is 17.2 Å². The van der Waals surface area contributed by atoms with Gasteiger partial charge in [0.25, 0.3) is 5.91 Å². The molecule has 1 heterocycles. The Hall–Kier alpha value is -2.14. The van der Waals surface area contributed by atoms with Crippen LogP contribution in [0.4, 0.5) is 0 Å². The van der Waals surface area contributed by atoms with Crippen LogP contribution < -0.4 is 5.32 Å². The summed E-state index contributed by atoms with van der Waals surface area (Å²) in [5.74, 6) is 0.383. The normalized spacial score (nSPS) is 10.9. The van der Waals surface area contributed by atoms with Gasteiger partial charge in [-0.2, -0.15) is 0 Å². The Kier molecular flexibility index (Phi) is 5.11. The quantitative estimate of drug-likeness (QED) is 0.887. The van der Waals surface area contributed by atoms with Gasteiger partial charge >= 0.3 is 0 Å². The van der Waals surface area contributed by atoms with Gasteiger partial charge in [0.15, 0.2) is 5.69 Å². The molecule has 112 valence electrons. The molecule has 0 aliphatic rings. The third kappa shape index (κ3) is 4.72. The second-order valence-corrected chi connectivity index (χ2v) is 5.18. The van der Waals surface area contributed by atoms with Crippen LogP contribution in [0.1, 0.15) is 41.2 Å². The van der Waals surface area contributed by atoms with Gasteiger partial charge in [-0.05, 0) is 31.9 Å². The molecule has 1 N–H and O–H groups in total. The molecule has 1 aromatic carbocycles. The van der Waals surface area contributed by atoms with Crippen molar-refractivity contribution in [1.29, 1.82) is 0 Å². The first kappa shape index (κ1) is 15.3. The SMILES string of the molecule is Cc1cc(C(=O)NCc2ccc(COC(C)C)cc2)no1. The summed E-state index contributed by atoms with van der Waals surface area (Å²) < 4.78 is 10.4. The van der Waals surface area contributed by atoms with Crippen molar-refractivity contribution in [2.45, 2.75) is 40.0 Å². The minimum atomic E-state index is -0.237. The fourth-order valence-electron chi connectivity index (χ4n) is 1.76. The van der Waals surface area contributed by atoms with E-state index in [1.54, 1.807) is 13.0 Å². The molecule has 1 amide bonds. The largest absolute Gasteiger partial charge is 0.374 e. The summed E-state index contributed by atoms with van der Waals surface area (Å²) in [6.07, 6.45) is 0.217. The number of hydrogen-bond acceptors (Lipinski definition) is 4. The molecule has 0 aliphatic carbocycles. The molecule has 2 aromatic rings. The zero-order valence-corrected chi connectivity index (χ0v) is 12.6. The monoisotopic (exact) mass is 288 g/mol. The molecular formula is C16H20N2O3. The molecule has 2 rings (SSSR count). The highest BCUT2D eigenvalue weighted by Gasteiger charge is 2.10. The van der Waals surface area contributed by atoms with E-state index in [-0.39, 0.29) is 12.0 Å². The standard InChI is InChI=1S/C16H20N2O3/c1-11(2)20-10-14-6-4-13(5-7-14)9-17-16(19)15-8-12(3)21-18-15/h4-8,11H,9-10H2,1-3H3,(H,17,19). The number of carbonyl (C=O) groups is 1.